The lowest BCUT2D eigenvalue weighted by Crippen LogP contribution is -2.37. The maximum absolute atomic E-state index is 13.4. The highest BCUT2D eigenvalue weighted by molar-refractivity contribution is 5.89. The van der Waals surface area contributed by atoms with Crippen LogP contribution in [-0.4, -0.2) is 29.1 Å². The summed E-state index contributed by atoms with van der Waals surface area (Å²) in [6.07, 6.45) is 2.22. The number of rotatable bonds is 3. The smallest absolute Gasteiger partial charge is 0.336 e. The highest BCUT2D eigenvalue weighted by Crippen LogP contribution is 2.34. The van der Waals surface area contributed by atoms with E-state index < -0.39 is 5.97 Å². The van der Waals surface area contributed by atoms with Crippen LogP contribution in [0.4, 0.5) is 4.39 Å². The number of hydrogen-bond acceptors (Lipinski definition) is 2. The van der Waals surface area contributed by atoms with Crippen molar-refractivity contribution in [2.75, 3.05) is 13.1 Å². The van der Waals surface area contributed by atoms with E-state index in [1.165, 1.54) is 18.2 Å². The molecule has 21 heavy (non-hydrogen) atoms. The first-order chi connectivity index (χ1) is 9.77. The van der Waals surface area contributed by atoms with E-state index in [1.54, 1.807) is 0 Å². The molecule has 1 N–H and O–H groups in total. The van der Waals surface area contributed by atoms with Crippen LogP contribution in [0.15, 0.2) is 18.2 Å². The van der Waals surface area contributed by atoms with Gasteiger partial charge >= 0.3 is 5.97 Å². The Morgan fingerprint density at radius 3 is 2.48 bits per heavy atom. The first kappa shape index (κ1) is 16.0. The predicted molar refractivity (Wildman–Crippen MR) is 80.8 cm³/mol. The molecule has 0 radical (unpaired) electrons. The Bertz CT molecular complexity index is 514. The third-order valence-electron chi connectivity index (χ3n) is 4.50. The molecule has 3 nitrogen and oxygen atoms in total. The largest absolute Gasteiger partial charge is 0.478 e. The molecule has 0 unspecified atom stereocenters. The van der Waals surface area contributed by atoms with Crippen LogP contribution in [-0.2, 0) is 6.54 Å². The Labute approximate surface area is 125 Å². The van der Waals surface area contributed by atoms with Gasteiger partial charge in [0.2, 0.25) is 0 Å². The van der Waals surface area contributed by atoms with Gasteiger partial charge in [-0.25, -0.2) is 9.18 Å². The standard InChI is InChI=1S/C17H24FNO2/c1-17(2,3)13-6-8-19(9-7-13)11-12-10-14(18)4-5-15(12)16(20)21/h4-5,10,13H,6-9,11H2,1-3H3,(H,20,21). The van der Waals surface area contributed by atoms with Crippen LogP contribution >= 0.6 is 0 Å². The van der Waals surface area contributed by atoms with E-state index in [2.05, 4.69) is 25.7 Å². The zero-order chi connectivity index (χ0) is 15.6. The van der Waals surface area contributed by atoms with Gasteiger partial charge in [0.15, 0.2) is 0 Å². The van der Waals surface area contributed by atoms with Crippen molar-refractivity contribution in [1.82, 2.24) is 4.90 Å². The number of carboxylic acids is 1. The number of hydrogen-bond donors (Lipinski definition) is 1. The van der Waals surface area contributed by atoms with E-state index in [-0.39, 0.29) is 11.4 Å². The molecule has 2 rings (SSSR count). The molecule has 1 aliphatic heterocycles. The second kappa shape index (κ2) is 6.14. The SMILES string of the molecule is CC(C)(C)C1CCN(Cc2cc(F)ccc2C(=O)O)CC1. The van der Waals surface area contributed by atoms with Crippen molar-refractivity contribution < 1.29 is 14.3 Å². The van der Waals surface area contributed by atoms with Crippen molar-refractivity contribution in [2.24, 2.45) is 11.3 Å². The summed E-state index contributed by atoms with van der Waals surface area (Å²) in [7, 11) is 0. The predicted octanol–water partition coefficient (Wildman–Crippen LogP) is 3.78. The first-order valence-electron chi connectivity index (χ1n) is 7.51. The van der Waals surface area contributed by atoms with Crippen molar-refractivity contribution in [1.29, 1.82) is 0 Å². The van der Waals surface area contributed by atoms with E-state index in [0.717, 1.165) is 25.9 Å². The Balaban J connectivity index is 2.04. The molecule has 1 aromatic carbocycles. The van der Waals surface area contributed by atoms with Crippen molar-refractivity contribution >= 4 is 5.97 Å². The number of carbonyl (C=O) groups is 1. The summed E-state index contributed by atoms with van der Waals surface area (Å²) in [5.74, 6) is -0.672. The minimum absolute atomic E-state index is 0.203. The number of likely N-dealkylation sites (tertiary alicyclic amines) is 1. The van der Waals surface area contributed by atoms with Gasteiger partial charge in [0.05, 0.1) is 5.56 Å². The molecule has 0 spiro atoms. The van der Waals surface area contributed by atoms with Gasteiger partial charge in [0.1, 0.15) is 5.82 Å². The topological polar surface area (TPSA) is 40.5 Å². The zero-order valence-electron chi connectivity index (χ0n) is 13.0. The van der Waals surface area contributed by atoms with Crippen molar-refractivity contribution in [3.05, 3.63) is 35.1 Å². The van der Waals surface area contributed by atoms with Crippen LogP contribution in [0.3, 0.4) is 0 Å². The van der Waals surface area contributed by atoms with E-state index in [0.29, 0.717) is 23.4 Å². The molecule has 1 aromatic rings. The molecule has 1 heterocycles. The fourth-order valence-corrected chi connectivity index (χ4v) is 3.10. The lowest BCUT2D eigenvalue weighted by Gasteiger charge is -2.38. The zero-order valence-corrected chi connectivity index (χ0v) is 13.0. The van der Waals surface area contributed by atoms with Gasteiger partial charge in [-0.2, -0.15) is 0 Å². The molecule has 0 atom stereocenters. The van der Waals surface area contributed by atoms with Gasteiger partial charge in [-0.1, -0.05) is 20.8 Å². The summed E-state index contributed by atoms with van der Waals surface area (Å²) < 4.78 is 13.4. The monoisotopic (exact) mass is 293 g/mol. The Kier molecular flexibility index (Phi) is 4.67. The van der Waals surface area contributed by atoms with Gasteiger partial charge in [0.25, 0.3) is 0 Å². The molecule has 0 aliphatic carbocycles. The van der Waals surface area contributed by atoms with Crippen LogP contribution in [0.25, 0.3) is 0 Å². The molecule has 0 amide bonds. The van der Waals surface area contributed by atoms with Crippen molar-refractivity contribution in [2.45, 2.75) is 40.2 Å². The van der Waals surface area contributed by atoms with Gasteiger partial charge in [-0.3, -0.25) is 4.90 Å². The second-order valence-corrected chi connectivity index (χ2v) is 7.02. The molecule has 0 saturated carbocycles. The summed E-state index contributed by atoms with van der Waals surface area (Å²) in [5.41, 5.74) is 1.09. The maximum atomic E-state index is 13.4. The van der Waals surface area contributed by atoms with Crippen LogP contribution in [0.1, 0.15) is 49.5 Å². The molecule has 4 heteroatoms. The average molecular weight is 293 g/mol. The Hall–Kier alpha value is -1.42. The lowest BCUT2D eigenvalue weighted by molar-refractivity contribution is 0.0692. The fourth-order valence-electron chi connectivity index (χ4n) is 3.10. The van der Waals surface area contributed by atoms with Crippen LogP contribution in [0.2, 0.25) is 0 Å². The summed E-state index contributed by atoms with van der Waals surface area (Å²) in [6.45, 7) is 9.19. The summed E-state index contributed by atoms with van der Waals surface area (Å²) in [6, 6.07) is 3.91. The number of carboxylic acid groups (broad SMARTS) is 1. The third kappa shape index (κ3) is 4.03. The lowest BCUT2D eigenvalue weighted by atomic mass is 9.75. The number of nitrogens with zero attached hydrogens (tertiary/aromatic N) is 1. The first-order valence-corrected chi connectivity index (χ1v) is 7.51. The van der Waals surface area contributed by atoms with Crippen LogP contribution in [0.5, 0.6) is 0 Å². The molecular weight excluding hydrogens is 269 g/mol. The van der Waals surface area contributed by atoms with Crippen molar-refractivity contribution in [3.8, 4) is 0 Å². The number of halogens is 1. The number of aromatic carboxylic acids is 1. The van der Waals surface area contributed by atoms with Gasteiger partial charge < -0.3 is 5.11 Å². The average Bonchev–Trinajstić information content (AvgIpc) is 2.38. The quantitative estimate of drug-likeness (QED) is 0.922. The second-order valence-electron chi connectivity index (χ2n) is 7.02. The molecule has 1 saturated heterocycles. The van der Waals surface area contributed by atoms with Gasteiger partial charge in [-0.05, 0) is 61.0 Å². The molecule has 0 aromatic heterocycles. The van der Waals surface area contributed by atoms with E-state index in [9.17, 15) is 14.3 Å². The Morgan fingerprint density at radius 2 is 1.95 bits per heavy atom. The highest BCUT2D eigenvalue weighted by atomic mass is 19.1. The Morgan fingerprint density at radius 1 is 1.33 bits per heavy atom. The molecular formula is C17H24FNO2. The minimum Gasteiger partial charge on any atom is -0.478 e. The minimum atomic E-state index is -0.991. The number of benzene rings is 1. The van der Waals surface area contributed by atoms with Gasteiger partial charge in [-0.15, -0.1) is 0 Å². The fraction of sp³-hybridized carbons (Fsp3) is 0.588. The molecule has 0 bridgehead atoms. The molecule has 116 valence electrons. The summed E-state index contributed by atoms with van der Waals surface area (Å²) in [4.78, 5) is 13.4. The van der Waals surface area contributed by atoms with E-state index >= 15 is 0 Å². The molecule has 1 fully saturated rings. The molecule has 1 aliphatic rings. The summed E-state index contributed by atoms with van der Waals surface area (Å²) >= 11 is 0. The normalized spacial score (nSPS) is 17.9. The van der Waals surface area contributed by atoms with E-state index in [4.69, 9.17) is 0 Å². The summed E-state index contributed by atoms with van der Waals surface area (Å²) in [5, 5.41) is 9.19. The van der Waals surface area contributed by atoms with Crippen LogP contribution < -0.4 is 0 Å². The van der Waals surface area contributed by atoms with Crippen molar-refractivity contribution in [3.63, 3.8) is 0 Å². The maximum Gasteiger partial charge on any atom is 0.336 e. The van der Waals surface area contributed by atoms with E-state index in [1.807, 2.05) is 0 Å². The van der Waals surface area contributed by atoms with Gasteiger partial charge in [0, 0.05) is 6.54 Å². The third-order valence-corrected chi connectivity index (χ3v) is 4.50. The van der Waals surface area contributed by atoms with Crippen LogP contribution in [0, 0.1) is 17.2 Å². The number of piperidine rings is 1. The highest BCUT2D eigenvalue weighted by Gasteiger charge is 2.29.